The molecule has 0 spiro atoms. The molecular weight excluding hydrogens is 267 g/mol. The SMILES string of the molecule is O=C(CCOCC(F)(F)F)NC1CCC(C(=O)O)C1. The van der Waals surface area contributed by atoms with Crippen LogP contribution in [0.3, 0.4) is 0 Å². The highest BCUT2D eigenvalue weighted by molar-refractivity contribution is 5.76. The summed E-state index contributed by atoms with van der Waals surface area (Å²) in [6.07, 6.45) is -3.11. The number of ether oxygens (including phenoxy) is 1. The lowest BCUT2D eigenvalue weighted by molar-refractivity contribution is -0.174. The predicted octanol–water partition coefficient (Wildman–Crippen LogP) is 1.32. The van der Waals surface area contributed by atoms with Crippen LogP contribution in [0, 0.1) is 5.92 Å². The Kier molecular flexibility index (Phi) is 5.59. The van der Waals surface area contributed by atoms with Crippen molar-refractivity contribution in [3.8, 4) is 0 Å². The zero-order chi connectivity index (χ0) is 14.5. The zero-order valence-corrected chi connectivity index (χ0v) is 10.2. The van der Waals surface area contributed by atoms with E-state index in [0.29, 0.717) is 19.3 Å². The minimum atomic E-state index is -4.39. The molecule has 0 bridgehead atoms. The molecule has 19 heavy (non-hydrogen) atoms. The Morgan fingerprint density at radius 3 is 2.53 bits per heavy atom. The third kappa shape index (κ3) is 6.42. The number of carboxylic acids is 1. The molecule has 1 fully saturated rings. The van der Waals surface area contributed by atoms with Gasteiger partial charge in [-0.3, -0.25) is 9.59 Å². The van der Waals surface area contributed by atoms with Crippen LogP contribution in [-0.2, 0) is 14.3 Å². The number of carbonyl (C=O) groups excluding carboxylic acids is 1. The molecule has 1 rings (SSSR count). The third-order valence-corrected chi connectivity index (χ3v) is 2.89. The van der Waals surface area contributed by atoms with E-state index < -0.39 is 30.6 Å². The monoisotopic (exact) mass is 283 g/mol. The molecule has 0 aromatic carbocycles. The minimum absolute atomic E-state index is 0.162. The van der Waals surface area contributed by atoms with Crippen LogP contribution >= 0.6 is 0 Å². The lowest BCUT2D eigenvalue weighted by Gasteiger charge is -2.12. The van der Waals surface area contributed by atoms with Gasteiger partial charge in [-0.05, 0) is 19.3 Å². The Labute approximate surface area is 108 Å². The second-order valence-electron chi connectivity index (χ2n) is 4.53. The highest BCUT2D eigenvalue weighted by atomic mass is 19.4. The summed E-state index contributed by atoms with van der Waals surface area (Å²) in [5, 5.41) is 11.4. The molecule has 1 saturated carbocycles. The minimum Gasteiger partial charge on any atom is -0.481 e. The standard InChI is InChI=1S/C11H16F3NO4/c12-11(13,14)6-19-4-3-9(16)15-8-2-1-7(5-8)10(17)18/h7-8H,1-6H2,(H,15,16)(H,17,18). The first kappa shape index (κ1) is 15.7. The first-order valence-electron chi connectivity index (χ1n) is 5.94. The maximum Gasteiger partial charge on any atom is 0.411 e. The topological polar surface area (TPSA) is 75.6 Å². The van der Waals surface area contributed by atoms with Crippen molar-refractivity contribution in [2.24, 2.45) is 5.92 Å². The van der Waals surface area contributed by atoms with E-state index in [9.17, 15) is 22.8 Å². The number of hydrogen-bond donors (Lipinski definition) is 2. The summed E-state index contributed by atoms with van der Waals surface area (Å²) in [4.78, 5) is 22.1. The summed E-state index contributed by atoms with van der Waals surface area (Å²) in [5.74, 6) is -1.75. The van der Waals surface area contributed by atoms with Crippen molar-refractivity contribution in [3.63, 3.8) is 0 Å². The number of carboxylic acid groups (broad SMARTS) is 1. The van der Waals surface area contributed by atoms with Crippen LogP contribution in [-0.4, -0.2) is 42.4 Å². The van der Waals surface area contributed by atoms with Gasteiger partial charge in [-0.1, -0.05) is 0 Å². The number of nitrogens with one attached hydrogen (secondary N) is 1. The fourth-order valence-corrected chi connectivity index (χ4v) is 1.99. The summed E-state index contributed by atoms with van der Waals surface area (Å²) >= 11 is 0. The second-order valence-corrected chi connectivity index (χ2v) is 4.53. The van der Waals surface area contributed by atoms with Gasteiger partial charge in [0.2, 0.25) is 5.91 Å². The second kappa shape index (κ2) is 6.74. The highest BCUT2D eigenvalue weighted by Gasteiger charge is 2.30. The number of amides is 1. The fourth-order valence-electron chi connectivity index (χ4n) is 1.99. The van der Waals surface area contributed by atoms with Gasteiger partial charge < -0.3 is 15.2 Å². The summed E-state index contributed by atoms with van der Waals surface area (Å²) in [6.45, 7) is -1.68. The molecule has 8 heteroatoms. The number of halogens is 3. The fraction of sp³-hybridized carbons (Fsp3) is 0.818. The van der Waals surface area contributed by atoms with Gasteiger partial charge in [0.1, 0.15) is 6.61 Å². The van der Waals surface area contributed by atoms with E-state index in [2.05, 4.69) is 10.1 Å². The van der Waals surface area contributed by atoms with Crippen LogP contribution in [0.2, 0.25) is 0 Å². The predicted molar refractivity (Wildman–Crippen MR) is 58.4 cm³/mol. The van der Waals surface area contributed by atoms with Gasteiger partial charge in [-0.15, -0.1) is 0 Å². The van der Waals surface area contributed by atoms with Crippen molar-refractivity contribution < 1.29 is 32.6 Å². The molecule has 2 N–H and O–H groups in total. The lowest BCUT2D eigenvalue weighted by Crippen LogP contribution is -2.34. The van der Waals surface area contributed by atoms with Gasteiger partial charge in [0.05, 0.1) is 12.5 Å². The first-order chi connectivity index (χ1) is 8.78. The number of rotatable bonds is 6. The molecule has 2 atom stereocenters. The molecule has 0 aliphatic heterocycles. The van der Waals surface area contributed by atoms with E-state index in [1.807, 2.05) is 0 Å². The summed E-state index contributed by atoms with van der Waals surface area (Å²) in [7, 11) is 0. The quantitative estimate of drug-likeness (QED) is 0.721. The molecule has 1 aliphatic rings. The molecule has 1 amide bonds. The maximum absolute atomic E-state index is 11.7. The lowest BCUT2D eigenvalue weighted by atomic mass is 10.1. The van der Waals surface area contributed by atoms with E-state index in [1.165, 1.54) is 0 Å². The van der Waals surface area contributed by atoms with Crippen LogP contribution in [0.25, 0.3) is 0 Å². The molecule has 0 saturated heterocycles. The highest BCUT2D eigenvalue weighted by Crippen LogP contribution is 2.25. The molecule has 0 heterocycles. The van der Waals surface area contributed by atoms with Gasteiger partial charge in [-0.25, -0.2) is 0 Å². The van der Waals surface area contributed by atoms with Crippen molar-refractivity contribution in [2.45, 2.75) is 37.9 Å². The van der Waals surface area contributed by atoms with E-state index in [4.69, 9.17) is 5.11 Å². The van der Waals surface area contributed by atoms with E-state index in [1.54, 1.807) is 0 Å². The smallest absolute Gasteiger partial charge is 0.411 e. The molecule has 110 valence electrons. The first-order valence-corrected chi connectivity index (χ1v) is 5.94. The normalized spacial score (nSPS) is 23.3. The molecule has 5 nitrogen and oxygen atoms in total. The molecule has 0 aromatic heterocycles. The molecule has 0 radical (unpaired) electrons. The van der Waals surface area contributed by atoms with Gasteiger partial charge in [-0.2, -0.15) is 13.2 Å². The number of carbonyl (C=O) groups is 2. The summed E-state index contributed by atoms with van der Waals surface area (Å²) in [5.41, 5.74) is 0. The number of hydrogen-bond acceptors (Lipinski definition) is 3. The molecule has 0 aromatic rings. The van der Waals surface area contributed by atoms with Crippen molar-refractivity contribution in [1.82, 2.24) is 5.32 Å². The van der Waals surface area contributed by atoms with E-state index in [-0.39, 0.29) is 19.1 Å². The van der Waals surface area contributed by atoms with Crippen LogP contribution in [0.15, 0.2) is 0 Å². The Bertz CT molecular complexity index is 332. The van der Waals surface area contributed by atoms with E-state index >= 15 is 0 Å². The Hall–Kier alpha value is -1.31. The average molecular weight is 283 g/mol. The maximum atomic E-state index is 11.7. The summed E-state index contributed by atoms with van der Waals surface area (Å²) in [6, 6.07) is -0.212. The van der Waals surface area contributed by atoms with Gasteiger partial charge in [0, 0.05) is 12.5 Å². The molecule has 1 aliphatic carbocycles. The van der Waals surface area contributed by atoms with Crippen molar-refractivity contribution >= 4 is 11.9 Å². The van der Waals surface area contributed by atoms with Crippen LogP contribution in [0.5, 0.6) is 0 Å². The van der Waals surface area contributed by atoms with Gasteiger partial charge in [0.15, 0.2) is 0 Å². The summed E-state index contributed by atoms with van der Waals surface area (Å²) < 4.78 is 39.5. The Morgan fingerprint density at radius 1 is 1.32 bits per heavy atom. The molecular formula is C11H16F3NO4. The largest absolute Gasteiger partial charge is 0.481 e. The van der Waals surface area contributed by atoms with E-state index in [0.717, 1.165) is 0 Å². The van der Waals surface area contributed by atoms with Crippen molar-refractivity contribution in [2.75, 3.05) is 13.2 Å². The van der Waals surface area contributed by atoms with Crippen LogP contribution in [0.1, 0.15) is 25.7 Å². The molecule has 2 unspecified atom stereocenters. The third-order valence-electron chi connectivity index (χ3n) is 2.89. The Morgan fingerprint density at radius 2 is 2.00 bits per heavy atom. The van der Waals surface area contributed by atoms with Crippen molar-refractivity contribution in [3.05, 3.63) is 0 Å². The number of alkyl halides is 3. The zero-order valence-electron chi connectivity index (χ0n) is 10.2. The van der Waals surface area contributed by atoms with Gasteiger partial charge >= 0.3 is 12.1 Å². The van der Waals surface area contributed by atoms with Crippen LogP contribution < -0.4 is 5.32 Å². The van der Waals surface area contributed by atoms with Crippen molar-refractivity contribution in [1.29, 1.82) is 0 Å². The van der Waals surface area contributed by atoms with Crippen LogP contribution in [0.4, 0.5) is 13.2 Å². The average Bonchev–Trinajstić information content (AvgIpc) is 2.71. The Balaban J connectivity index is 2.13. The van der Waals surface area contributed by atoms with Gasteiger partial charge in [0.25, 0.3) is 0 Å². The number of aliphatic carboxylic acids is 1.